The number of nitro benzene ring substituents is 1. The van der Waals surface area contributed by atoms with Crippen molar-refractivity contribution in [2.24, 2.45) is 23.7 Å². The van der Waals surface area contributed by atoms with Crippen LogP contribution in [0.2, 0.25) is 0 Å². The van der Waals surface area contributed by atoms with Crippen molar-refractivity contribution in [3.63, 3.8) is 0 Å². The van der Waals surface area contributed by atoms with Crippen LogP contribution in [0.3, 0.4) is 0 Å². The van der Waals surface area contributed by atoms with Crippen LogP contribution in [-0.2, 0) is 14.4 Å². The average molecular weight is 424 g/mol. The number of amides is 3. The van der Waals surface area contributed by atoms with Crippen LogP contribution in [0.1, 0.15) is 6.42 Å². The van der Waals surface area contributed by atoms with Gasteiger partial charge < -0.3 is 5.32 Å². The van der Waals surface area contributed by atoms with Crippen molar-refractivity contribution in [1.82, 2.24) is 9.88 Å². The Hall–Kier alpha value is -3.40. The van der Waals surface area contributed by atoms with Gasteiger partial charge in [0.05, 0.1) is 22.5 Å². The maximum atomic E-state index is 12.7. The molecule has 30 heavy (non-hydrogen) atoms. The predicted octanol–water partition coefficient (Wildman–Crippen LogP) is 2.46. The number of aromatic nitrogens is 1. The Bertz CT molecular complexity index is 1100. The molecule has 1 saturated carbocycles. The van der Waals surface area contributed by atoms with Crippen LogP contribution in [0.15, 0.2) is 41.8 Å². The Morgan fingerprint density at radius 1 is 1.23 bits per heavy atom. The Balaban J connectivity index is 1.26. The molecule has 4 atom stereocenters. The minimum absolute atomic E-state index is 0.0499. The molecule has 5 rings (SSSR count). The lowest BCUT2D eigenvalue weighted by Gasteiger charge is -2.16. The molecule has 0 spiro atoms. The molecule has 1 aromatic heterocycles. The summed E-state index contributed by atoms with van der Waals surface area (Å²) in [5.41, 5.74) is 0.998. The molecule has 2 heterocycles. The number of benzene rings is 1. The number of carbonyl (C=O) groups excluding carboxylic acids is 3. The molecule has 1 aromatic carbocycles. The lowest BCUT2D eigenvalue weighted by molar-refractivity contribution is -0.384. The Morgan fingerprint density at radius 3 is 2.60 bits per heavy atom. The number of anilines is 1. The fraction of sp³-hybridized carbons (Fsp3) is 0.300. The van der Waals surface area contributed by atoms with E-state index in [1.54, 1.807) is 17.5 Å². The standard InChI is InChI=1S/C20H16N4O5S/c25-15(8-23-18(26)16-11-4-5-12(6-11)17(16)19(23)27)22-20-21-14(9-30-20)10-2-1-3-13(7-10)24(28)29/h1-5,7,9,11-12,16-17H,6,8H2,(H,21,22,25). The smallest absolute Gasteiger partial charge is 0.270 e. The number of fused-ring (bicyclic) bond motifs is 5. The number of carbonyl (C=O) groups is 3. The number of likely N-dealkylation sites (tertiary alicyclic amines) is 1. The monoisotopic (exact) mass is 424 g/mol. The first-order valence-corrected chi connectivity index (χ1v) is 10.3. The molecule has 1 aliphatic heterocycles. The fourth-order valence-electron chi connectivity index (χ4n) is 4.66. The number of hydrogen-bond donors (Lipinski definition) is 1. The van der Waals surface area contributed by atoms with E-state index in [1.165, 1.54) is 12.1 Å². The molecular weight excluding hydrogens is 408 g/mol. The zero-order valence-corrected chi connectivity index (χ0v) is 16.4. The highest BCUT2D eigenvalue weighted by Gasteiger charge is 2.59. The molecule has 2 fully saturated rings. The third-order valence-electron chi connectivity index (χ3n) is 5.97. The number of non-ortho nitro benzene ring substituents is 1. The summed E-state index contributed by atoms with van der Waals surface area (Å²) in [6, 6.07) is 6.05. The number of nitrogens with one attached hydrogen (secondary N) is 1. The van der Waals surface area contributed by atoms with Gasteiger partial charge in [-0.1, -0.05) is 24.3 Å². The number of hydrogen-bond acceptors (Lipinski definition) is 7. The lowest BCUT2D eigenvalue weighted by Crippen LogP contribution is -2.39. The average Bonchev–Trinajstić information content (AvgIpc) is 3.50. The second-order valence-electron chi connectivity index (χ2n) is 7.66. The maximum Gasteiger partial charge on any atom is 0.270 e. The van der Waals surface area contributed by atoms with Gasteiger partial charge in [0, 0.05) is 23.1 Å². The number of nitro groups is 1. The van der Waals surface area contributed by atoms with Crippen LogP contribution < -0.4 is 5.32 Å². The number of allylic oxidation sites excluding steroid dienone is 2. The highest BCUT2D eigenvalue weighted by atomic mass is 32.1. The van der Waals surface area contributed by atoms with E-state index in [0.717, 1.165) is 22.7 Å². The SMILES string of the molecule is O=C(CN1C(=O)C2C3C=CC(C3)C2C1=O)Nc1nc(-c2cccc([N+](=O)[O-])c2)cs1. The summed E-state index contributed by atoms with van der Waals surface area (Å²) in [5, 5.41) is 15.5. The molecule has 152 valence electrons. The van der Waals surface area contributed by atoms with Crippen molar-refractivity contribution in [3.05, 3.63) is 51.9 Å². The van der Waals surface area contributed by atoms with E-state index in [1.807, 2.05) is 12.2 Å². The van der Waals surface area contributed by atoms with Crippen LogP contribution in [-0.4, -0.2) is 39.1 Å². The second kappa shape index (κ2) is 6.84. The first kappa shape index (κ1) is 18.6. The molecule has 1 N–H and O–H groups in total. The molecule has 2 bridgehead atoms. The zero-order valence-electron chi connectivity index (χ0n) is 15.6. The van der Waals surface area contributed by atoms with Gasteiger partial charge in [-0.2, -0.15) is 0 Å². The topological polar surface area (TPSA) is 123 Å². The summed E-state index contributed by atoms with van der Waals surface area (Å²) in [6.45, 7) is -0.337. The summed E-state index contributed by atoms with van der Waals surface area (Å²) in [4.78, 5) is 53.6. The Kier molecular flexibility index (Phi) is 4.24. The minimum atomic E-state index is -0.503. The van der Waals surface area contributed by atoms with Crippen molar-refractivity contribution in [2.75, 3.05) is 11.9 Å². The number of rotatable bonds is 5. The zero-order chi connectivity index (χ0) is 21.0. The van der Waals surface area contributed by atoms with Gasteiger partial charge in [0.25, 0.3) is 5.69 Å². The van der Waals surface area contributed by atoms with Crippen LogP contribution in [0.5, 0.6) is 0 Å². The predicted molar refractivity (Wildman–Crippen MR) is 107 cm³/mol. The summed E-state index contributed by atoms with van der Waals surface area (Å²) >= 11 is 1.16. The molecule has 3 aliphatic rings. The van der Waals surface area contributed by atoms with Crippen LogP contribution in [0.4, 0.5) is 10.8 Å². The molecular formula is C20H16N4O5S. The van der Waals surface area contributed by atoms with Gasteiger partial charge in [-0.05, 0) is 18.3 Å². The van der Waals surface area contributed by atoms with Gasteiger partial charge in [0.2, 0.25) is 17.7 Å². The quantitative estimate of drug-likeness (QED) is 0.340. The first-order chi connectivity index (χ1) is 14.4. The second-order valence-corrected chi connectivity index (χ2v) is 8.51. The van der Waals surface area contributed by atoms with E-state index in [-0.39, 0.29) is 47.7 Å². The van der Waals surface area contributed by atoms with Crippen LogP contribution in [0.25, 0.3) is 11.3 Å². The van der Waals surface area contributed by atoms with E-state index < -0.39 is 10.8 Å². The number of thiazole rings is 1. The Labute approximate surface area is 174 Å². The largest absolute Gasteiger partial charge is 0.300 e. The van der Waals surface area contributed by atoms with Crippen molar-refractivity contribution in [3.8, 4) is 11.3 Å². The molecule has 1 saturated heterocycles. The highest BCUT2D eigenvalue weighted by molar-refractivity contribution is 7.14. The van der Waals surface area contributed by atoms with Crippen LogP contribution >= 0.6 is 11.3 Å². The van der Waals surface area contributed by atoms with Crippen molar-refractivity contribution >= 4 is 39.9 Å². The molecule has 2 aliphatic carbocycles. The highest BCUT2D eigenvalue weighted by Crippen LogP contribution is 2.52. The summed E-state index contributed by atoms with van der Waals surface area (Å²) in [7, 11) is 0. The molecule has 4 unspecified atom stereocenters. The molecule has 2 aromatic rings. The summed E-state index contributed by atoms with van der Waals surface area (Å²) in [6.07, 6.45) is 4.85. The third-order valence-corrected chi connectivity index (χ3v) is 6.72. The Morgan fingerprint density at radius 2 is 1.93 bits per heavy atom. The molecule has 9 nitrogen and oxygen atoms in total. The third kappa shape index (κ3) is 2.91. The molecule has 3 amide bonds. The summed E-state index contributed by atoms with van der Waals surface area (Å²) < 4.78 is 0. The van der Waals surface area contributed by atoms with Crippen LogP contribution in [0, 0.1) is 33.8 Å². The lowest BCUT2D eigenvalue weighted by atomic mass is 9.85. The van der Waals surface area contributed by atoms with E-state index in [9.17, 15) is 24.5 Å². The van der Waals surface area contributed by atoms with E-state index in [4.69, 9.17) is 0 Å². The van der Waals surface area contributed by atoms with Crippen molar-refractivity contribution < 1.29 is 19.3 Å². The minimum Gasteiger partial charge on any atom is -0.300 e. The van der Waals surface area contributed by atoms with Crippen molar-refractivity contribution in [1.29, 1.82) is 0 Å². The van der Waals surface area contributed by atoms with Gasteiger partial charge in [0.15, 0.2) is 5.13 Å². The van der Waals surface area contributed by atoms with Gasteiger partial charge >= 0.3 is 0 Å². The molecule has 10 heteroatoms. The van der Waals surface area contributed by atoms with Gasteiger partial charge in [-0.25, -0.2) is 4.98 Å². The van der Waals surface area contributed by atoms with Crippen molar-refractivity contribution in [2.45, 2.75) is 6.42 Å². The molecule has 0 radical (unpaired) electrons. The number of imide groups is 1. The van der Waals surface area contributed by atoms with Gasteiger partial charge in [-0.3, -0.25) is 29.4 Å². The maximum absolute atomic E-state index is 12.7. The van der Waals surface area contributed by atoms with E-state index >= 15 is 0 Å². The summed E-state index contributed by atoms with van der Waals surface area (Å²) in [5.74, 6) is -1.51. The number of nitrogens with zero attached hydrogens (tertiary/aromatic N) is 3. The van der Waals surface area contributed by atoms with Gasteiger partial charge in [-0.15, -0.1) is 11.3 Å². The fourth-order valence-corrected chi connectivity index (χ4v) is 5.40. The van der Waals surface area contributed by atoms with E-state index in [2.05, 4.69) is 10.3 Å². The first-order valence-electron chi connectivity index (χ1n) is 9.46. The normalized spacial score (nSPS) is 26.3. The van der Waals surface area contributed by atoms with Gasteiger partial charge in [0.1, 0.15) is 6.54 Å². The van der Waals surface area contributed by atoms with E-state index in [0.29, 0.717) is 16.4 Å².